The fourth-order valence-electron chi connectivity index (χ4n) is 3.55. The average molecular weight is 325 g/mol. The molecule has 130 valence electrons. The lowest BCUT2D eigenvalue weighted by molar-refractivity contribution is -0.135. The SMILES string of the molecule is CCC1OCCCC12NC(=O)CC2=O.CCC1OCCCC1=O. The molecule has 0 aromatic carbocycles. The van der Waals surface area contributed by atoms with Crippen LogP contribution in [0.15, 0.2) is 0 Å². The summed E-state index contributed by atoms with van der Waals surface area (Å²) in [6, 6.07) is 0. The van der Waals surface area contributed by atoms with Crippen LogP contribution in [0, 0.1) is 0 Å². The topological polar surface area (TPSA) is 81.7 Å². The van der Waals surface area contributed by atoms with Crippen molar-refractivity contribution in [2.24, 2.45) is 0 Å². The van der Waals surface area contributed by atoms with Gasteiger partial charge in [-0.05, 0) is 32.1 Å². The number of Topliss-reactive ketones (excluding diaryl/α,β-unsaturated/α-hetero) is 2. The molecule has 6 heteroatoms. The van der Waals surface area contributed by atoms with Crippen LogP contribution in [0.2, 0.25) is 0 Å². The van der Waals surface area contributed by atoms with Crippen molar-refractivity contribution in [2.75, 3.05) is 13.2 Å². The van der Waals surface area contributed by atoms with Gasteiger partial charge in [-0.2, -0.15) is 0 Å². The fourth-order valence-corrected chi connectivity index (χ4v) is 3.55. The van der Waals surface area contributed by atoms with E-state index in [1.165, 1.54) is 0 Å². The van der Waals surface area contributed by atoms with E-state index in [1.807, 2.05) is 13.8 Å². The van der Waals surface area contributed by atoms with E-state index in [0.717, 1.165) is 45.1 Å². The predicted octanol–water partition coefficient (Wildman–Crippen LogP) is 1.55. The third-order valence-electron chi connectivity index (χ3n) is 4.75. The van der Waals surface area contributed by atoms with Gasteiger partial charge in [-0.25, -0.2) is 0 Å². The highest BCUT2D eigenvalue weighted by atomic mass is 16.5. The summed E-state index contributed by atoms with van der Waals surface area (Å²) in [7, 11) is 0. The highest BCUT2D eigenvalue weighted by Crippen LogP contribution is 2.32. The van der Waals surface area contributed by atoms with Gasteiger partial charge in [-0.1, -0.05) is 13.8 Å². The van der Waals surface area contributed by atoms with Crippen LogP contribution in [0.3, 0.4) is 0 Å². The van der Waals surface area contributed by atoms with Crippen LogP contribution in [0.4, 0.5) is 0 Å². The standard InChI is InChI=1S/C10H15NO3.C7H12O2/c1-2-8-10(4-3-5-14-8)7(12)6-9(13)11-10;1-2-7-6(8)4-3-5-9-7/h8H,2-6H2,1H3,(H,11,13);7H,2-5H2,1H3. The summed E-state index contributed by atoms with van der Waals surface area (Å²) in [5.41, 5.74) is -0.690. The molecule has 6 nitrogen and oxygen atoms in total. The molecule has 0 aromatic heterocycles. The first-order valence-corrected chi connectivity index (χ1v) is 8.63. The van der Waals surface area contributed by atoms with E-state index in [4.69, 9.17) is 9.47 Å². The van der Waals surface area contributed by atoms with E-state index >= 15 is 0 Å². The van der Waals surface area contributed by atoms with Crippen LogP contribution < -0.4 is 5.32 Å². The summed E-state index contributed by atoms with van der Waals surface area (Å²) < 4.78 is 10.7. The number of ketones is 2. The summed E-state index contributed by atoms with van der Waals surface area (Å²) >= 11 is 0. The molecule has 0 radical (unpaired) electrons. The number of nitrogens with one attached hydrogen (secondary N) is 1. The Labute approximate surface area is 137 Å². The Balaban J connectivity index is 0.000000185. The molecule has 1 amide bonds. The number of amides is 1. The second kappa shape index (κ2) is 8.02. The van der Waals surface area contributed by atoms with Crippen molar-refractivity contribution in [2.45, 2.75) is 76.5 Å². The zero-order valence-electron chi connectivity index (χ0n) is 14.1. The number of ether oxygens (including phenoxy) is 2. The highest BCUT2D eigenvalue weighted by Gasteiger charge is 2.52. The Kier molecular flexibility index (Phi) is 6.30. The van der Waals surface area contributed by atoms with Crippen LogP contribution in [-0.2, 0) is 23.9 Å². The number of hydrogen-bond acceptors (Lipinski definition) is 5. The van der Waals surface area contributed by atoms with Crippen LogP contribution in [-0.4, -0.2) is 48.4 Å². The van der Waals surface area contributed by atoms with Crippen LogP contribution in [0.1, 0.15) is 58.8 Å². The second-order valence-electron chi connectivity index (χ2n) is 6.33. The molecule has 0 bridgehead atoms. The Hall–Kier alpha value is -1.27. The smallest absolute Gasteiger partial charge is 0.228 e. The Morgan fingerprint density at radius 1 is 1.09 bits per heavy atom. The first-order chi connectivity index (χ1) is 11.0. The van der Waals surface area contributed by atoms with E-state index in [-0.39, 0.29) is 36.1 Å². The maximum absolute atomic E-state index is 11.8. The van der Waals surface area contributed by atoms with E-state index in [0.29, 0.717) is 6.61 Å². The summed E-state index contributed by atoms with van der Waals surface area (Å²) in [5.74, 6) is 0.136. The molecule has 3 saturated heterocycles. The zero-order valence-corrected chi connectivity index (χ0v) is 14.1. The molecule has 3 rings (SSSR count). The van der Waals surface area contributed by atoms with Crippen LogP contribution in [0.25, 0.3) is 0 Å². The van der Waals surface area contributed by atoms with E-state index in [2.05, 4.69) is 5.32 Å². The molecular weight excluding hydrogens is 298 g/mol. The van der Waals surface area contributed by atoms with Gasteiger partial charge in [-0.15, -0.1) is 0 Å². The molecule has 3 fully saturated rings. The molecule has 23 heavy (non-hydrogen) atoms. The lowest BCUT2D eigenvalue weighted by Gasteiger charge is -2.39. The van der Waals surface area contributed by atoms with Gasteiger partial charge in [0.05, 0.1) is 12.5 Å². The molecule has 0 aliphatic carbocycles. The van der Waals surface area contributed by atoms with Gasteiger partial charge in [0, 0.05) is 19.6 Å². The van der Waals surface area contributed by atoms with Crippen molar-refractivity contribution in [3.63, 3.8) is 0 Å². The number of carbonyl (C=O) groups excluding carboxylic acids is 3. The summed E-state index contributed by atoms with van der Waals surface area (Å²) in [6.45, 7) is 5.43. The zero-order chi connectivity index (χ0) is 16.9. The third-order valence-corrected chi connectivity index (χ3v) is 4.75. The van der Waals surface area contributed by atoms with E-state index < -0.39 is 5.54 Å². The fraction of sp³-hybridized carbons (Fsp3) is 0.824. The summed E-state index contributed by atoms with van der Waals surface area (Å²) in [6.07, 6.45) is 4.63. The average Bonchev–Trinajstić information content (AvgIpc) is 2.83. The van der Waals surface area contributed by atoms with Gasteiger partial charge in [0.1, 0.15) is 11.6 Å². The maximum Gasteiger partial charge on any atom is 0.228 e. The van der Waals surface area contributed by atoms with Crippen molar-refractivity contribution < 1.29 is 23.9 Å². The lowest BCUT2D eigenvalue weighted by Crippen LogP contribution is -2.58. The molecule has 3 heterocycles. The number of hydrogen-bond donors (Lipinski definition) is 1. The van der Waals surface area contributed by atoms with Gasteiger partial charge in [-0.3, -0.25) is 14.4 Å². The van der Waals surface area contributed by atoms with Crippen molar-refractivity contribution in [1.29, 1.82) is 0 Å². The molecule has 3 atom stereocenters. The molecule has 3 aliphatic rings. The van der Waals surface area contributed by atoms with Crippen molar-refractivity contribution in [3.8, 4) is 0 Å². The molecule has 3 aliphatic heterocycles. The summed E-state index contributed by atoms with van der Waals surface area (Å²) in [4.78, 5) is 33.9. The molecule has 0 saturated carbocycles. The Morgan fingerprint density at radius 3 is 2.35 bits per heavy atom. The van der Waals surface area contributed by atoms with E-state index in [9.17, 15) is 14.4 Å². The van der Waals surface area contributed by atoms with Gasteiger partial charge in [0.15, 0.2) is 11.6 Å². The highest BCUT2D eigenvalue weighted by molar-refractivity contribution is 6.10. The minimum atomic E-state index is -0.690. The third kappa shape index (κ3) is 3.98. The van der Waals surface area contributed by atoms with Gasteiger partial charge in [0.2, 0.25) is 5.91 Å². The van der Waals surface area contributed by atoms with Gasteiger partial charge >= 0.3 is 0 Å². The first kappa shape index (κ1) is 18.1. The lowest BCUT2D eigenvalue weighted by atomic mass is 9.82. The second-order valence-corrected chi connectivity index (χ2v) is 6.33. The minimum absolute atomic E-state index is 0.00838. The Morgan fingerprint density at radius 2 is 1.83 bits per heavy atom. The Bertz CT molecular complexity index is 464. The van der Waals surface area contributed by atoms with Gasteiger partial charge in [0.25, 0.3) is 0 Å². The van der Waals surface area contributed by atoms with Crippen LogP contribution >= 0.6 is 0 Å². The molecule has 1 N–H and O–H groups in total. The molecule has 1 spiro atoms. The summed E-state index contributed by atoms with van der Waals surface area (Å²) in [5, 5.41) is 2.81. The van der Waals surface area contributed by atoms with E-state index in [1.54, 1.807) is 0 Å². The van der Waals surface area contributed by atoms with Gasteiger partial charge < -0.3 is 14.8 Å². The van der Waals surface area contributed by atoms with Crippen LogP contribution in [0.5, 0.6) is 0 Å². The number of rotatable bonds is 2. The van der Waals surface area contributed by atoms with Crippen molar-refractivity contribution in [3.05, 3.63) is 0 Å². The van der Waals surface area contributed by atoms with Crippen molar-refractivity contribution in [1.82, 2.24) is 5.32 Å². The first-order valence-electron chi connectivity index (χ1n) is 8.63. The monoisotopic (exact) mass is 325 g/mol. The minimum Gasteiger partial charge on any atom is -0.375 e. The largest absolute Gasteiger partial charge is 0.375 e. The molecule has 3 unspecified atom stereocenters. The number of carbonyl (C=O) groups is 3. The normalized spacial score (nSPS) is 34.1. The van der Waals surface area contributed by atoms with Crippen molar-refractivity contribution >= 4 is 17.5 Å². The molecular formula is C17H27NO5. The predicted molar refractivity (Wildman–Crippen MR) is 84.0 cm³/mol. The quantitative estimate of drug-likeness (QED) is 0.779. The molecule has 0 aromatic rings. The maximum atomic E-state index is 11.8.